The average molecular weight is 472 g/mol. The van der Waals surface area contributed by atoms with Gasteiger partial charge >= 0.3 is 6.09 Å². The number of carbonyl (C=O) groups excluding carboxylic acids is 2. The zero-order valence-corrected chi connectivity index (χ0v) is 19.7. The number of nitrogens with zero attached hydrogens (tertiary/aromatic N) is 2. The zero-order valence-electron chi connectivity index (χ0n) is 19.7. The lowest BCUT2D eigenvalue weighted by Gasteiger charge is -2.20. The van der Waals surface area contributed by atoms with Crippen molar-refractivity contribution in [3.05, 3.63) is 60.0 Å². The van der Waals surface area contributed by atoms with Crippen molar-refractivity contribution in [2.75, 3.05) is 45.3 Å². The van der Waals surface area contributed by atoms with Crippen LogP contribution in [0.25, 0.3) is 10.9 Å². The van der Waals surface area contributed by atoms with Crippen LogP contribution in [-0.2, 0) is 20.8 Å². The molecule has 3 aromatic rings. The van der Waals surface area contributed by atoms with E-state index in [9.17, 15) is 14.0 Å². The maximum atomic E-state index is 13.6. The van der Waals surface area contributed by atoms with Crippen LogP contribution >= 0.6 is 0 Å². The van der Waals surface area contributed by atoms with Crippen LogP contribution in [0.3, 0.4) is 0 Å². The van der Waals surface area contributed by atoms with E-state index in [1.165, 1.54) is 12.1 Å². The largest absolute Gasteiger partial charge is 0.415 e. The van der Waals surface area contributed by atoms with Gasteiger partial charge < -0.3 is 29.0 Å². The second kappa shape index (κ2) is 12.2. The molecule has 1 aromatic heterocycles. The van der Waals surface area contributed by atoms with Crippen LogP contribution in [0.2, 0.25) is 0 Å². The van der Waals surface area contributed by atoms with E-state index < -0.39 is 6.09 Å². The molecule has 3 rings (SSSR count). The van der Waals surface area contributed by atoms with Crippen LogP contribution < -0.4 is 10.1 Å². The molecule has 0 bridgehead atoms. The van der Waals surface area contributed by atoms with Gasteiger partial charge in [-0.15, -0.1) is 0 Å². The van der Waals surface area contributed by atoms with E-state index in [4.69, 9.17) is 14.2 Å². The number of anilines is 1. The number of amides is 2. The quantitative estimate of drug-likeness (QED) is 0.423. The Labute approximate surface area is 198 Å². The monoisotopic (exact) mass is 471 g/mol. The fourth-order valence-electron chi connectivity index (χ4n) is 3.56. The van der Waals surface area contributed by atoms with Crippen LogP contribution in [0.1, 0.15) is 19.4 Å². The SMILES string of the molecule is CCN(CC)C(=O)Oc1ccc2c(ccn2Cc2cccc(F)c2)c1NC(=O)COCCOC. The summed E-state index contributed by atoms with van der Waals surface area (Å²) < 4.78 is 31.4. The Bertz CT molecular complexity index is 1130. The van der Waals surface area contributed by atoms with Crippen LogP contribution in [-0.4, -0.2) is 61.5 Å². The summed E-state index contributed by atoms with van der Waals surface area (Å²) in [5, 5.41) is 3.51. The van der Waals surface area contributed by atoms with Gasteiger partial charge in [0, 0.05) is 38.3 Å². The second-order valence-electron chi connectivity index (χ2n) is 7.58. The summed E-state index contributed by atoms with van der Waals surface area (Å²) in [6.07, 6.45) is 1.34. The van der Waals surface area contributed by atoms with Gasteiger partial charge in [-0.1, -0.05) is 12.1 Å². The van der Waals surface area contributed by atoms with Crippen molar-refractivity contribution in [3.8, 4) is 5.75 Å². The van der Waals surface area contributed by atoms with Crippen LogP contribution in [0.15, 0.2) is 48.7 Å². The molecule has 2 amide bonds. The van der Waals surface area contributed by atoms with E-state index >= 15 is 0 Å². The number of nitrogens with one attached hydrogen (secondary N) is 1. The highest BCUT2D eigenvalue weighted by Crippen LogP contribution is 2.35. The number of methoxy groups -OCH3 is 1. The minimum absolute atomic E-state index is 0.173. The molecule has 0 spiro atoms. The lowest BCUT2D eigenvalue weighted by Crippen LogP contribution is -2.33. The molecule has 182 valence electrons. The van der Waals surface area contributed by atoms with Crippen molar-refractivity contribution in [2.24, 2.45) is 0 Å². The first-order chi connectivity index (χ1) is 16.5. The van der Waals surface area contributed by atoms with Crippen LogP contribution in [0.4, 0.5) is 14.9 Å². The van der Waals surface area contributed by atoms with Gasteiger partial charge in [-0.3, -0.25) is 4.79 Å². The van der Waals surface area contributed by atoms with Crippen LogP contribution in [0.5, 0.6) is 5.75 Å². The fourth-order valence-corrected chi connectivity index (χ4v) is 3.56. The maximum absolute atomic E-state index is 13.6. The minimum Gasteiger partial charge on any atom is -0.408 e. The molecule has 0 aliphatic carbocycles. The third-order valence-electron chi connectivity index (χ3n) is 5.31. The van der Waals surface area contributed by atoms with Crippen molar-refractivity contribution in [2.45, 2.75) is 20.4 Å². The van der Waals surface area contributed by atoms with Gasteiger partial charge in [0.05, 0.1) is 24.4 Å². The third kappa shape index (κ3) is 6.33. The van der Waals surface area contributed by atoms with Gasteiger partial charge in [-0.2, -0.15) is 0 Å². The predicted octanol–water partition coefficient (Wildman–Crippen LogP) is 4.27. The van der Waals surface area contributed by atoms with E-state index in [1.54, 1.807) is 24.1 Å². The molecule has 9 heteroatoms. The third-order valence-corrected chi connectivity index (χ3v) is 5.31. The minimum atomic E-state index is -0.504. The number of rotatable bonds is 11. The molecular weight excluding hydrogens is 441 g/mol. The molecule has 0 saturated heterocycles. The molecule has 1 heterocycles. The Balaban J connectivity index is 1.92. The number of carbonyl (C=O) groups is 2. The summed E-state index contributed by atoms with van der Waals surface area (Å²) in [4.78, 5) is 26.7. The standard InChI is InChI=1S/C25H30FN3O5/c1-4-28(5-2)25(31)34-22-10-9-21-20(24(22)27-23(30)17-33-14-13-32-3)11-12-29(21)16-18-7-6-8-19(26)15-18/h6-12,15H,4-5,13-14,16-17H2,1-3H3,(H,27,30). The van der Waals surface area contributed by atoms with Crippen molar-refractivity contribution in [3.63, 3.8) is 0 Å². The number of benzene rings is 2. The highest BCUT2D eigenvalue weighted by molar-refractivity contribution is 6.05. The molecular formula is C25H30FN3O5. The molecule has 2 aromatic carbocycles. The van der Waals surface area contributed by atoms with E-state index in [2.05, 4.69) is 5.32 Å². The predicted molar refractivity (Wildman–Crippen MR) is 128 cm³/mol. The number of hydrogen-bond donors (Lipinski definition) is 1. The Morgan fingerprint density at radius 3 is 2.59 bits per heavy atom. The number of halogens is 1. The first-order valence-corrected chi connectivity index (χ1v) is 11.2. The molecule has 1 N–H and O–H groups in total. The molecule has 0 radical (unpaired) electrons. The Hall–Kier alpha value is -3.43. The molecule has 34 heavy (non-hydrogen) atoms. The highest BCUT2D eigenvalue weighted by atomic mass is 19.1. The van der Waals surface area contributed by atoms with Crippen molar-refractivity contribution < 1.29 is 28.2 Å². The summed E-state index contributed by atoms with van der Waals surface area (Å²) in [7, 11) is 1.55. The van der Waals surface area contributed by atoms with Gasteiger partial charge in [0.2, 0.25) is 5.91 Å². The van der Waals surface area contributed by atoms with Gasteiger partial charge in [-0.05, 0) is 49.7 Å². The normalized spacial score (nSPS) is 10.9. The smallest absolute Gasteiger partial charge is 0.408 e. The lowest BCUT2D eigenvalue weighted by atomic mass is 10.2. The maximum Gasteiger partial charge on any atom is 0.415 e. The van der Waals surface area contributed by atoms with Crippen molar-refractivity contribution in [1.82, 2.24) is 9.47 Å². The Morgan fingerprint density at radius 2 is 1.88 bits per heavy atom. The molecule has 0 atom stereocenters. The molecule has 0 aliphatic rings. The van der Waals surface area contributed by atoms with E-state index in [-0.39, 0.29) is 30.7 Å². The highest BCUT2D eigenvalue weighted by Gasteiger charge is 2.19. The van der Waals surface area contributed by atoms with Gasteiger partial charge in [0.15, 0.2) is 5.75 Å². The Kier molecular flexibility index (Phi) is 9.00. The number of aromatic nitrogens is 1. The molecule has 0 unspecified atom stereocenters. The first-order valence-electron chi connectivity index (χ1n) is 11.2. The molecule has 0 aliphatic heterocycles. The summed E-state index contributed by atoms with van der Waals surface area (Å²) in [6.45, 7) is 5.63. The number of hydrogen-bond acceptors (Lipinski definition) is 5. The van der Waals surface area contributed by atoms with Crippen molar-refractivity contribution in [1.29, 1.82) is 0 Å². The zero-order chi connectivity index (χ0) is 24.5. The topological polar surface area (TPSA) is 82.0 Å². The number of ether oxygens (including phenoxy) is 3. The van der Waals surface area contributed by atoms with E-state index in [0.717, 1.165) is 11.1 Å². The second-order valence-corrected chi connectivity index (χ2v) is 7.58. The number of fused-ring (bicyclic) bond motifs is 1. The first kappa shape index (κ1) is 25.2. The van der Waals surface area contributed by atoms with Gasteiger partial charge in [0.25, 0.3) is 0 Å². The van der Waals surface area contributed by atoms with Gasteiger partial charge in [0.1, 0.15) is 12.4 Å². The molecule has 0 fully saturated rings. The molecule has 0 saturated carbocycles. The summed E-state index contributed by atoms with van der Waals surface area (Å²) in [6, 6.07) is 11.7. The fraction of sp³-hybridized carbons (Fsp3) is 0.360. The summed E-state index contributed by atoms with van der Waals surface area (Å²) in [5.74, 6) is -0.458. The summed E-state index contributed by atoms with van der Waals surface area (Å²) >= 11 is 0. The molecule has 8 nitrogen and oxygen atoms in total. The summed E-state index contributed by atoms with van der Waals surface area (Å²) in [5.41, 5.74) is 1.96. The van der Waals surface area contributed by atoms with E-state index in [0.29, 0.717) is 37.3 Å². The van der Waals surface area contributed by atoms with Crippen LogP contribution in [0, 0.1) is 5.82 Å². The van der Waals surface area contributed by atoms with E-state index in [1.807, 2.05) is 42.8 Å². The Morgan fingerprint density at radius 1 is 1.09 bits per heavy atom. The lowest BCUT2D eigenvalue weighted by molar-refractivity contribution is -0.121. The van der Waals surface area contributed by atoms with Gasteiger partial charge in [-0.25, -0.2) is 9.18 Å². The van der Waals surface area contributed by atoms with Crippen molar-refractivity contribution >= 4 is 28.6 Å². The average Bonchev–Trinajstić information content (AvgIpc) is 3.22.